The molecule has 0 saturated heterocycles. The summed E-state index contributed by atoms with van der Waals surface area (Å²) in [6.07, 6.45) is -4.83. The zero-order valence-corrected chi connectivity index (χ0v) is 17.6. The molecule has 0 radical (unpaired) electrons. The molecule has 4 nitrogen and oxygen atoms in total. The average molecular weight is 437 g/mol. The van der Waals surface area contributed by atoms with E-state index in [1.807, 2.05) is 18.2 Å². The lowest BCUT2D eigenvalue weighted by Gasteiger charge is -2.23. The Balaban J connectivity index is 1.89. The first-order chi connectivity index (χ1) is 14.0. The molecule has 1 unspecified atom stereocenters. The van der Waals surface area contributed by atoms with Crippen LogP contribution in [0.15, 0.2) is 59.5 Å². The van der Waals surface area contributed by atoms with Gasteiger partial charge in [0.25, 0.3) is 0 Å². The summed E-state index contributed by atoms with van der Waals surface area (Å²) in [6.45, 7) is 4.02. The molecule has 3 rings (SSSR count). The summed E-state index contributed by atoms with van der Waals surface area (Å²) in [5.41, 5.74) is 1.60. The van der Waals surface area contributed by atoms with Crippen LogP contribution in [0.4, 0.5) is 13.2 Å². The van der Waals surface area contributed by atoms with E-state index in [0.29, 0.717) is 16.5 Å². The molecule has 0 aliphatic rings. The number of sulfonamides is 1. The van der Waals surface area contributed by atoms with Gasteiger partial charge in [-0.05, 0) is 43.4 Å². The number of alkyl halides is 3. The number of ether oxygens (including phenoxy) is 1. The van der Waals surface area contributed by atoms with Gasteiger partial charge in [-0.15, -0.1) is 0 Å². The number of hydrogen-bond donors (Lipinski definition) is 1. The minimum atomic E-state index is -4.83. The Kier molecular flexibility index (Phi) is 6.10. The molecule has 0 aromatic heterocycles. The molecular formula is C22H22F3NO3S. The summed E-state index contributed by atoms with van der Waals surface area (Å²) >= 11 is 0. The van der Waals surface area contributed by atoms with Crippen molar-refractivity contribution < 1.29 is 26.3 Å². The SMILES string of the molecule is Cc1cc(C)c(S(=O)(=O)NC(COc2cccc3ccccc23)C(F)(F)F)c(C)c1. The summed E-state index contributed by atoms with van der Waals surface area (Å²) in [6, 6.07) is 13.0. The first-order valence-electron chi connectivity index (χ1n) is 9.26. The molecule has 30 heavy (non-hydrogen) atoms. The van der Waals surface area contributed by atoms with Crippen LogP contribution in [0.3, 0.4) is 0 Å². The molecular weight excluding hydrogens is 415 g/mol. The fourth-order valence-electron chi connectivity index (χ4n) is 3.53. The standard InChI is InChI=1S/C22H22F3NO3S/c1-14-11-15(2)21(16(3)12-14)30(27,28)26-20(22(23,24)25)13-29-19-10-6-8-17-7-4-5-9-18(17)19/h4-12,20,26H,13H2,1-3H3. The Bertz CT molecular complexity index is 1150. The molecule has 3 aromatic rings. The molecule has 0 heterocycles. The Morgan fingerprint density at radius 3 is 2.20 bits per heavy atom. The third kappa shape index (κ3) is 4.76. The van der Waals surface area contributed by atoms with Crippen molar-refractivity contribution in [1.82, 2.24) is 4.72 Å². The second kappa shape index (κ2) is 8.28. The number of rotatable bonds is 6. The normalized spacial score (nSPS) is 13.4. The lowest BCUT2D eigenvalue weighted by atomic mass is 10.1. The van der Waals surface area contributed by atoms with Crippen LogP contribution in [0, 0.1) is 20.8 Å². The van der Waals surface area contributed by atoms with Crippen molar-refractivity contribution >= 4 is 20.8 Å². The summed E-state index contributed by atoms with van der Waals surface area (Å²) in [5, 5.41) is 1.46. The van der Waals surface area contributed by atoms with E-state index >= 15 is 0 Å². The minimum Gasteiger partial charge on any atom is -0.491 e. The smallest absolute Gasteiger partial charge is 0.408 e. The van der Waals surface area contributed by atoms with Gasteiger partial charge in [0, 0.05) is 5.39 Å². The predicted octanol–water partition coefficient (Wildman–Crippen LogP) is 5.05. The predicted molar refractivity (Wildman–Crippen MR) is 110 cm³/mol. The number of hydrogen-bond acceptors (Lipinski definition) is 3. The van der Waals surface area contributed by atoms with Crippen molar-refractivity contribution in [2.45, 2.75) is 37.9 Å². The molecule has 0 aliphatic carbocycles. The van der Waals surface area contributed by atoms with E-state index in [-0.39, 0.29) is 10.6 Å². The first-order valence-corrected chi connectivity index (χ1v) is 10.7. The Labute approximate surface area is 173 Å². The van der Waals surface area contributed by atoms with Crippen molar-refractivity contribution in [3.63, 3.8) is 0 Å². The average Bonchev–Trinajstić information content (AvgIpc) is 2.63. The molecule has 0 saturated carbocycles. The molecule has 1 atom stereocenters. The molecule has 8 heteroatoms. The van der Waals surface area contributed by atoms with E-state index in [9.17, 15) is 21.6 Å². The van der Waals surface area contributed by atoms with Crippen LogP contribution in [0.2, 0.25) is 0 Å². The molecule has 0 fully saturated rings. The number of halogens is 3. The Morgan fingerprint density at radius 2 is 1.57 bits per heavy atom. The quantitative estimate of drug-likeness (QED) is 0.587. The van der Waals surface area contributed by atoms with Gasteiger partial charge in [-0.1, -0.05) is 54.1 Å². The Morgan fingerprint density at radius 1 is 0.967 bits per heavy atom. The second-order valence-electron chi connectivity index (χ2n) is 7.23. The maximum absolute atomic E-state index is 13.6. The van der Waals surface area contributed by atoms with Crippen LogP contribution in [0.25, 0.3) is 10.8 Å². The van der Waals surface area contributed by atoms with E-state index in [0.717, 1.165) is 10.9 Å². The zero-order valence-electron chi connectivity index (χ0n) is 16.7. The number of fused-ring (bicyclic) bond motifs is 1. The van der Waals surface area contributed by atoms with Gasteiger partial charge in [0.2, 0.25) is 10.0 Å². The highest BCUT2D eigenvalue weighted by atomic mass is 32.2. The molecule has 0 aliphatic heterocycles. The van der Waals surface area contributed by atoms with Gasteiger partial charge < -0.3 is 4.74 Å². The fraction of sp³-hybridized carbons (Fsp3) is 0.273. The van der Waals surface area contributed by atoms with E-state index in [1.54, 1.807) is 61.9 Å². The van der Waals surface area contributed by atoms with E-state index in [4.69, 9.17) is 4.74 Å². The summed E-state index contributed by atoms with van der Waals surface area (Å²) in [4.78, 5) is -0.146. The van der Waals surface area contributed by atoms with Gasteiger partial charge >= 0.3 is 6.18 Å². The van der Waals surface area contributed by atoms with Gasteiger partial charge in [0.1, 0.15) is 12.4 Å². The largest absolute Gasteiger partial charge is 0.491 e. The van der Waals surface area contributed by atoms with Crippen LogP contribution in [-0.2, 0) is 10.0 Å². The van der Waals surface area contributed by atoms with Gasteiger partial charge in [-0.25, -0.2) is 8.42 Å². The van der Waals surface area contributed by atoms with Gasteiger partial charge in [0.05, 0.1) is 4.90 Å². The van der Waals surface area contributed by atoms with Gasteiger partial charge in [-0.2, -0.15) is 17.9 Å². The number of benzene rings is 3. The number of aryl methyl sites for hydroxylation is 3. The lowest BCUT2D eigenvalue weighted by Crippen LogP contribution is -2.49. The van der Waals surface area contributed by atoms with Crippen LogP contribution >= 0.6 is 0 Å². The first kappa shape index (κ1) is 22.1. The van der Waals surface area contributed by atoms with Crippen molar-refractivity contribution in [2.75, 3.05) is 6.61 Å². The molecule has 0 amide bonds. The third-order valence-electron chi connectivity index (χ3n) is 4.72. The monoisotopic (exact) mass is 437 g/mol. The topological polar surface area (TPSA) is 55.4 Å². The second-order valence-corrected chi connectivity index (χ2v) is 8.88. The molecule has 0 spiro atoms. The number of nitrogens with one attached hydrogen (secondary N) is 1. The van der Waals surface area contributed by atoms with Gasteiger partial charge in [-0.3, -0.25) is 0 Å². The summed E-state index contributed by atoms with van der Waals surface area (Å²) < 4.78 is 73.7. The molecule has 1 N–H and O–H groups in total. The van der Waals surface area contributed by atoms with Gasteiger partial charge in [0.15, 0.2) is 6.04 Å². The van der Waals surface area contributed by atoms with Crippen LogP contribution < -0.4 is 9.46 Å². The molecule has 0 bridgehead atoms. The highest BCUT2D eigenvalue weighted by molar-refractivity contribution is 7.89. The van der Waals surface area contributed by atoms with Crippen molar-refractivity contribution in [3.8, 4) is 5.75 Å². The van der Waals surface area contributed by atoms with Crippen molar-refractivity contribution in [1.29, 1.82) is 0 Å². The molecule has 160 valence electrons. The molecule has 3 aromatic carbocycles. The van der Waals surface area contributed by atoms with Crippen LogP contribution in [0.5, 0.6) is 5.75 Å². The maximum Gasteiger partial charge on any atom is 0.408 e. The summed E-state index contributed by atoms with van der Waals surface area (Å²) in [5.74, 6) is 0.254. The van der Waals surface area contributed by atoms with Crippen LogP contribution in [0.1, 0.15) is 16.7 Å². The van der Waals surface area contributed by atoms with Crippen molar-refractivity contribution in [2.24, 2.45) is 0 Å². The van der Waals surface area contributed by atoms with Crippen molar-refractivity contribution in [3.05, 3.63) is 71.3 Å². The fourth-order valence-corrected chi connectivity index (χ4v) is 5.19. The van der Waals surface area contributed by atoms with E-state index in [2.05, 4.69) is 0 Å². The van der Waals surface area contributed by atoms with E-state index in [1.165, 1.54) is 0 Å². The zero-order chi connectivity index (χ0) is 22.1. The maximum atomic E-state index is 13.6. The highest BCUT2D eigenvalue weighted by Crippen LogP contribution is 2.29. The Hall–Kier alpha value is -2.58. The van der Waals surface area contributed by atoms with E-state index < -0.39 is 28.8 Å². The minimum absolute atomic E-state index is 0.146. The lowest BCUT2D eigenvalue weighted by molar-refractivity contribution is -0.157. The highest BCUT2D eigenvalue weighted by Gasteiger charge is 2.43. The summed E-state index contributed by atoms with van der Waals surface area (Å²) in [7, 11) is -4.42. The third-order valence-corrected chi connectivity index (χ3v) is 6.50. The van der Waals surface area contributed by atoms with Crippen LogP contribution in [-0.4, -0.2) is 27.2 Å².